The first kappa shape index (κ1) is 31.5. The molecule has 0 spiro atoms. The molecule has 232 valence electrons. The van der Waals surface area contributed by atoms with Gasteiger partial charge in [0.2, 0.25) is 6.29 Å². The van der Waals surface area contributed by atoms with Crippen molar-refractivity contribution < 1.29 is 23.9 Å². The van der Waals surface area contributed by atoms with E-state index >= 15 is 0 Å². The minimum Gasteiger partial charge on any atom is -0.425 e. The average Bonchev–Trinajstić information content (AvgIpc) is 3.31. The van der Waals surface area contributed by atoms with Crippen LogP contribution in [0, 0.1) is 0 Å². The number of carbonyl (C=O) groups is 3. The Hall–Kier alpha value is -2.96. The van der Waals surface area contributed by atoms with Crippen LogP contribution in [-0.2, 0) is 14.3 Å². The molecule has 9 heteroatoms. The highest BCUT2D eigenvalue weighted by molar-refractivity contribution is 7.27. The van der Waals surface area contributed by atoms with Gasteiger partial charge in [-0.2, -0.15) is 0 Å². The van der Waals surface area contributed by atoms with Gasteiger partial charge in [0.05, 0.1) is 11.4 Å². The van der Waals surface area contributed by atoms with Crippen molar-refractivity contribution >= 4 is 43.8 Å². The molecule has 0 aromatic heterocycles. The lowest BCUT2D eigenvalue weighted by atomic mass is 9.89. The molecule has 3 aliphatic rings. The minimum atomic E-state index is -0.932. The van der Waals surface area contributed by atoms with Gasteiger partial charge in [-0.1, -0.05) is 69.0 Å². The second-order valence-electron chi connectivity index (χ2n) is 12.1. The maximum Gasteiger partial charge on any atom is 0.417 e. The van der Waals surface area contributed by atoms with Crippen molar-refractivity contribution in [1.82, 2.24) is 4.90 Å². The Morgan fingerprint density at radius 1 is 0.930 bits per heavy atom. The summed E-state index contributed by atoms with van der Waals surface area (Å²) in [5, 5.41) is 1.08. The summed E-state index contributed by atoms with van der Waals surface area (Å²) < 4.78 is 11.0. The van der Waals surface area contributed by atoms with Crippen molar-refractivity contribution in [3.05, 3.63) is 53.6 Å². The minimum absolute atomic E-state index is 0.200. The van der Waals surface area contributed by atoms with E-state index in [2.05, 4.69) is 32.0 Å². The van der Waals surface area contributed by atoms with Crippen molar-refractivity contribution in [3.63, 3.8) is 0 Å². The standard InChI is InChI=1S/C34H46N3O5P/c1-3-4-5-6-7-13-32(39)41-24(2)42-34(40)37-22-21-36-29-18-20-35(23-28(29)27-10-8-11-30(37)33(27)36)19-9-12-31(38)25-14-16-26(43)17-15-25/h8,10-11,14-17,24,28-29H,3-7,9,12-13,18-23,43H2,1-2H3/t24?,28-,29-/m0/s1. The van der Waals surface area contributed by atoms with E-state index in [0.717, 1.165) is 86.9 Å². The fourth-order valence-corrected chi connectivity index (χ4v) is 7.04. The summed E-state index contributed by atoms with van der Waals surface area (Å²) in [7, 11) is 2.65. The SMILES string of the molecule is CCCCCCCC(=O)OC(C)OC(=O)N1CCN2c3c(cccc31)[C@@H]1CN(CCCC(=O)c3ccc(P)cc3)CC[C@@H]12. The van der Waals surface area contributed by atoms with Crippen molar-refractivity contribution in [2.45, 2.75) is 89.9 Å². The summed E-state index contributed by atoms with van der Waals surface area (Å²) in [6.07, 6.45) is 6.64. The van der Waals surface area contributed by atoms with Gasteiger partial charge in [0, 0.05) is 63.5 Å². The highest BCUT2D eigenvalue weighted by atomic mass is 31.0. The molecular formula is C34H46N3O5P. The number of fused-ring (bicyclic) bond motifs is 3. The molecule has 3 heterocycles. The van der Waals surface area contributed by atoms with Gasteiger partial charge in [-0.3, -0.25) is 14.5 Å². The molecular weight excluding hydrogens is 561 g/mol. The lowest BCUT2D eigenvalue weighted by Crippen LogP contribution is -2.51. The first-order valence-corrected chi connectivity index (χ1v) is 16.6. The Bertz CT molecular complexity index is 1290. The van der Waals surface area contributed by atoms with Crippen molar-refractivity contribution in [1.29, 1.82) is 0 Å². The number of likely N-dealkylation sites (tertiary alicyclic amines) is 1. The molecule has 0 saturated carbocycles. The number of Topliss-reactive ketones (excluding diaryl/α,β-unsaturated/α-hetero) is 1. The molecule has 5 rings (SSSR count). The number of ketones is 1. The lowest BCUT2D eigenvalue weighted by Gasteiger charge is -2.41. The van der Waals surface area contributed by atoms with Crippen molar-refractivity contribution in [3.8, 4) is 0 Å². The quantitative estimate of drug-likeness (QED) is 0.0904. The van der Waals surface area contributed by atoms with Crippen molar-refractivity contribution in [2.75, 3.05) is 42.5 Å². The van der Waals surface area contributed by atoms with Crippen LogP contribution in [0.2, 0.25) is 0 Å². The summed E-state index contributed by atoms with van der Waals surface area (Å²) in [5.41, 5.74) is 4.06. The molecule has 1 amide bonds. The molecule has 43 heavy (non-hydrogen) atoms. The largest absolute Gasteiger partial charge is 0.425 e. The predicted molar refractivity (Wildman–Crippen MR) is 173 cm³/mol. The number of hydrogen-bond acceptors (Lipinski definition) is 7. The number of piperidine rings is 1. The molecule has 2 aromatic carbocycles. The number of benzene rings is 2. The highest BCUT2D eigenvalue weighted by Gasteiger charge is 2.46. The number of unbranched alkanes of at least 4 members (excludes halogenated alkanes) is 4. The predicted octanol–water partition coefficient (Wildman–Crippen LogP) is 6.03. The Morgan fingerprint density at radius 2 is 1.72 bits per heavy atom. The first-order valence-electron chi connectivity index (χ1n) is 16.0. The summed E-state index contributed by atoms with van der Waals surface area (Å²) >= 11 is 0. The van der Waals surface area contributed by atoms with E-state index in [9.17, 15) is 14.4 Å². The average molecular weight is 608 g/mol. The van der Waals surface area contributed by atoms with E-state index in [1.165, 1.54) is 12.0 Å². The molecule has 2 unspecified atom stereocenters. The fourth-order valence-electron chi connectivity index (χ4n) is 6.85. The Morgan fingerprint density at radius 3 is 2.51 bits per heavy atom. The van der Waals surface area contributed by atoms with Crippen LogP contribution < -0.4 is 15.1 Å². The van der Waals surface area contributed by atoms with Crippen LogP contribution in [0.15, 0.2) is 42.5 Å². The van der Waals surface area contributed by atoms with Gasteiger partial charge >= 0.3 is 12.1 Å². The second kappa shape index (κ2) is 14.7. The van der Waals surface area contributed by atoms with E-state index < -0.39 is 12.4 Å². The van der Waals surface area contributed by atoms with Gasteiger partial charge in [0.15, 0.2) is 5.78 Å². The van der Waals surface area contributed by atoms with Crippen LogP contribution in [0.25, 0.3) is 0 Å². The van der Waals surface area contributed by atoms with Crippen LogP contribution in [0.1, 0.15) is 93.5 Å². The number of anilines is 2. The number of hydrogen-bond donors (Lipinski definition) is 0. The molecule has 8 nitrogen and oxygen atoms in total. The van der Waals surface area contributed by atoms with Crippen LogP contribution in [0.3, 0.4) is 0 Å². The fraction of sp³-hybridized carbons (Fsp3) is 0.559. The lowest BCUT2D eigenvalue weighted by molar-refractivity contribution is -0.164. The maximum atomic E-state index is 13.2. The molecule has 1 fully saturated rings. The maximum absolute atomic E-state index is 13.2. The van der Waals surface area contributed by atoms with E-state index in [-0.39, 0.29) is 11.8 Å². The summed E-state index contributed by atoms with van der Waals surface area (Å²) in [5.74, 6) is 0.239. The Labute approximate surface area is 258 Å². The van der Waals surface area contributed by atoms with Gasteiger partial charge in [-0.05, 0) is 42.7 Å². The van der Waals surface area contributed by atoms with E-state index in [1.807, 2.05) is 36.4 Å². The molecule has 0 bridgehead atoms. The zero-order valence-corrected chi connectivity index (χ0v) is 26.8. The highest BCUT2D eigenvalue weighted by Crippen LogP contribution is 2.50. The van der Waals surface area contributed by atoms with E-state index in [0.29, 0.717) is 31.3 Å². The summed E-state index contributed by atoms with van der Waals surface area (Å²) in [6.45, 7) is 7.90. The topological polar surface area (TPSA) is 79.4 Å². The summed E-state index contributed by atoms with van der Waals surface area (Å²) in [4.78, 5) is 44.8. The zero-order chi connectivity index (χ0) is 30.3. The molecule has 2 aromatic rings. The number of amides is 1. The Kier molecular flexibility index (Phi) is 10.7. The normalized spacial score (nSPS) is 19.9. The van der Waals surface area contributed by atoms with Gasteiger partial charge in [-0.15, -0.1) is 9.24 Å². The molecule has 0 N–H and O–H groups in total. The number of carbonyl (C=O) groups excluding carboxylic acids is 3. The number of para-hydroxylation sites is 1. The van der Waals surface area contributed by atoms with Crippen LogP contribution in [0.5, 0.6) is 0 Å². The number of ether oxygens (including phenoxy) is 2. The molecule has 1 saturated heterocycles. The summed E-state index contributed by atoms with van der Waals surface area (Å²) in [6, 6.07) is 14.3. The molecule has 3 aliphatic heterocycles. The van der Waals surface area contributed by atoms with Crippen LogP contribution in [0.4, 0.5) is 16.2 Å². The van der Waals surface area contributed by atoms with Crippen LogP contribution in [-0.4, -0.2) is 67.8 Å². The van der Waals surface area contributed by atoms with Crippen molar-refractivity contribution in [2.24, 2.45) is 0 Å². The smallest absolute Gasteiger partial charge is 0.417 e. The third-order valence-electron chi connectivity index (χ3n) is 9.03. The second-order valence-corrected chi connectivity index (χ2v) is 12.7. The number of rotatable bonds is 13. The van der Waals surface area contributed by atoms with Gasteiger partial charge in [0.1, 0.15) is 0 Å². The molecule has 0 aliphatic carbocycles. The molecule has 4 atom stereocenters. The third kappa shape index (κ3) is 7.58. The van der Waals surface area contributed by atoms with Gasteiger partial charge in [-0.25, -0.2) is 4.79 Å². The van der Waals surface area contributed by atoms with Gasteiger partial charge in [0.25, 0.3) is 0 Å². The number of nitrogens with zero attached hydrogens (tertiary/aromatic N) is 3. The molecule has 0 radical (unpaired) electrons. The zero-order valence-electron chi connectivity index (χ0n) is 25.6. The Balaban J connectivity index is 1.15. The van der Waals surface area contributed by atoms with E-state index in [4.69, 9.17) is 9.47 Å². The van der Waals surface area contributed by atoms with Gasteiger partial charge < -0.3 is 19.3 Å². The first-order chi connectivity index (χ1) is 20.9. The van der Waals surface area contributed by atoms with Crippen LogP contribution >= 0.6 is 9.24 Å². The monoisotopic (exact) mass is 607 g/mol. The van der Waals surface area contributed by atoms with E-state index in [1.54, 1.807) is 11.8 Å². The third-order valence-corrected chi connectivity index (χ3v) is 9.41. The number of esters is 1.